The van der Waals surface area contributed by atoms with Gasteiger partial charge >= 0.3 is 5.97 Å². The van der Waals surface area contributed by atoms with Gasteiger partial charge in [-0.05, 0) is 24.7 Å². The number of hydrogen-bond acceptors (Lipinski definition) is 4. The van der Waals surface area contributed by atoms with Crippen molar-refractivity contribution >= 4 is 17.7 Å². The molecule has 1 aromatic rings. The molecule has 0 aliphatic heterocycles. The standard InChI is InChI=1S/C11H19N3O2S/c1-3-8-6-9(14(2)13-8)7-17-5-4-10(12)11(15)16/h6,10H,3-5,7,12H2,1-2H3,(H,15,16). The molecule has 6 heteroatoms. The summed E-state index contributed by atoms with van der Waals surface area (Å²) in [6.07, 6.45) is 1.43. The molecule has 0 radical (unpaired) electrons. The molecule has 0 bridgehead atoms. The molecule has 1 aromatic heterocycles. The van der Waals surface area contributed by atoms with Crippen LogP contribution in [-0.4, -0.2) is 32.7 Å². The Hall–Kier alpha value is -1.01. The van der Waals surface area contributed by atoms with Crippen LogP contribution in [0.2, 0.25) is 0 Å². The first kappa shape index (κ1) is 14.1. The quantitative estimate of drug-likeness (QED) is 0.713. The Bertz CT molecular complexity index is 379. The van der Waals surface area contributed by atoms with E-state index < -0.39 is 12.0 Å². The van der Waals surface area contributed by atoms with Gasteiger partial charge in [-0.1, -0.05) is 6.92 Å². The molecular formula is C11H19N3O2S. The molecule has 0 amide bonds. The van der Waals surface area contributed by atoms with Gasteiger partial charge in [0.25, 0.3) is 0 Å². The number of carbonyl (C=O) groups is 1. The average Bonchev–Trinajstić information content (AvgIpc) is 2.65. The topological polar surface area (TPSA) is 81.1 Å². The Morgan fingerprint density at radius 1 is 1.71 bits per heavy atom. The van der Waals surface area contributed by atoms with Gasteiger partial charge in [0.2, 0.25) is 0 Å². The first-order valence-corrected chi connectivity index (χ1v) is 6.78. The van der Waals surface area contributed by atoms with E-state index in [1.54, 1.807) is 11.8 Å². The van der Waals surface area contributed by atoms with Crippen molar-refractivity contribution in [3.05, 3.63) is 17.5 Å². The minimum absolute atomic E-state index is 0.498. The summed E-state index contributed by atoms with van der Waals surface area (Å²) < 4.78 is 1.88. The normalized spacial score (nSPS) is 12.6. The molecule has 0 aromatic carbocycles. The summed E-state index contributed by atoms with van der Waals surface area (Å²) in [4.78, 5) is 10.5. The van der Waals surface area contributed by atoms with E-state index in [1.807, 2.05) is 11.7 Å². The molecule has 0 aliphatic carbocycles. The van der Waals surface area contributed by atoms with Gasteiger partial charge in [-0.2, -0.15) is 16.9 Å². The number of carboxylic acids is 1. The fourth-order valence-corrected chi connectivity index (χ4v) is 2.43. The van der Waals surface area contributed by atoms with Crippen LogP contribution < -0.4 is 5.73 Å². The maximum Gasteiger partial charge on any atom is 0.320 e. The highest BCUT2D eigenvalue weighted by Gasteiger charge is 2.11. The second-order valence-electron chi connectivity index (χ2n) is 3.89. The molecule has 96 valence electrons. The molecule has 0 saturated heterocycles. The zero-order valence-corrected chi connectivity index (χ0v) is 11.0. The molecule has 0 saturated carbocycles. The van der Waals surface area contributed by atoms with Gasteiger partial charge < -0.3 is 10.8 Å². The lowest BCUT2D eigenvalue weighted by Gasteiger charge is -2.05. The number of nitrogens with zero attached hydrogens (tertiary/aromatic N) is 2. The van der Waals surface area contributed by atoms with E-state index in [2.05, 4.69) is 18.1 Å². The Labute approximate surface area is 105 Å². The lowest BCUT2D eigenvalue weighted by atomic mass is 10.2. The first-order chi connectivity index (χ1) is 8.04. The van der Waals surface area contributed by atoms with E-state index in [4.69, 9.17) is 10.8 Å². The van der Waals surface area contributed by atoms with Crippen LogP contribution in [0.4, 0.5) is 0 Å². The summed E-state index contributed by atoms with van der Waals surface area (Å²) in [5.74, 6) is 0.662. The largest absolute Gasteiger partial charge is 0.480 e. The zero-order valence-electron chi connectivity index (χ0n) is 10.2. The molecular weight excluding hydrogens is 238 g/mol. The number of rotatable bonds is 7. The van der Waals surface area contributed by atoms with Crippen molar-refractivity contribution in [3.8, 4) is 0 Å². The highest BCUT2D eigenvalue weighted by molar-refractivity contribution is 7.98. The summed E-state index contributed by atoms with van der Waals surface area (Å²) in [7, 11) is 1.93. The fourth-order valence-electron chi connectivity index (χ4n) is 1.39. The molecule has 3 N–H and O–H groups in total. The number of aliphatic carboxylic acids is 1. The second-order valence-corrected chi connectivity index (χ2v) is 5.00. The molecule has 0 spiro atoms. The Morgan fingerprint density at radius 2 is 2.41 bits per heavy atom. The summed E-state index contributed by atoms with van der Waals surface area (Å²) in [6, 6.07) is 1.34. The number of nitrogens with two attached hydrogens (primary N) is 1. The minimum atomic E-state index is -0.931. The summed E-state index contributed by atoms with van der Waals surface area (Å²) in [5.41, 5.74) is 7.67. The summed E-state index contributed by atoms with van der Waals surface area (Å²) >= 11 is 1.69. The first-order valence-electron chi connectivity index (χ1n) is 5.62. The van der Waals surface area contributed by atoms with Crippen LogP contribution in [0.5, 0.6) is 0 Å². The van der Waals surface area contributed by atoms with Crippen molar-refractivity contribution in [1.82, 2.24) is 9.78 Å². The zero-order chi connectivity index (χ0) is 12.8. The van der Waals surface area contributed by atoms with Crippen molar-refractivity contribution in [2.75, 3.05) is 5.75 Å². The highest BCUT2D eigenvalue weighted by atomic mass is 32.2. The van der Waals surface area contributed by atoms with Gasteiger partial charge in [-0.3, -0.25) is 9.48 Å². The Morgan fingerprint density at radius 3 is 2.94 bits per heavy atom. The van der Waals surface area contributed by atoms with E-state index >= 15 is 0 Å². The second kappa shape index (κ2) is 6.66. The van der Waals surface area contributed by atoms with Gasteiger partial charge in [-0.15, -0.1) is 0 Å². The van der Waals surface area contributed by atoms with Crippen molar-refractivity contribution in [1.29, 1.82) is 0 Å². The Balaban J connectivity index is 2.31. The maximum absolute atomic E-state index is 10.5. The SMILES string of the molecule is CCc1cc(CSCCC(N)C(=O)O)n(C)n1. The van der Waals surface area contributed by atoms with Crippen LogP contribution in [0.15, 0.2) is 6.07 Å². The number of hydrogen-bond donors (Lipinski definition) is 2. The van der Waals surface area contributed by atoms with Crippen molar-refractivity contribution in [2.24, 2.45) is 12.8 Å². The maximum atomic E-state index is 10.5. The number of aromatic nitrogens is 2. The molecule has 1 heterocycles. The van der Waals surface area contributed by atoms with E-state index in [1.165, 1.54) is 0 Å². The van der Waals surface area contributed by atoms with E-state index in [9.17, 15) is 4.79 Å². The third-order valence-electron chi connectivity index (χ3n) is 2.53. The van der Waals surface area contributed by atoms with Crippen LogP contribution in [0.3, 0.4) is 0 Å². The molecule has 0 aliphatic rings. The number of aryl methyl sites for hydroxylation is 2. The monoisotopic (exact) mass is 257 g/mol. The highest BCUT2D eigenvalue weighted by Crippen LogP contribution is 2.14. The lowest BCUT2D eigenvalue weighted by molar-refractivity contribution is -0.138. The third-order valence-corrected chi connectivity index (χ3v) is 3.55. The van der Waals surface area contributed by atoms with Crippen LogP contribution in [0.25, 0.3) is 0 Å². The van der Waals surface area contributed by atoms with Crippen LogP contribution in [-0.2, 0) is 24.0 Å². The number of thioether (sulfide) groups is 1. The van der Waals surface area contributed by atoms with Gasteiger partial charge in [0.1, 0.15) is 6.04 Å². The summed E-state index contributed by atoms with van der Waals surface area (Å²) in [6.45, 7) is 2.07. The van der Waals surface area contributed by atoms with Crippen molar-refractivity contribution in [3.63, 3.8) is 0 Å². The predicted molar refractivity (Wildman–Crippen MR) is 69.0 cm³/mol. The summed E-state index contributed by atoms with van der Waals surface area (Å²) in [5, 5.41) is 13.0. The van der Waals surface area contributed by atoms with Crippen LogP contribution >= 0.6 is 11.8 Å². The van der Waals surface area contributed by atoms with E-state index in [0.29, 0.717) is 6.42 Å². The number of carboxylic acid groups (broad SMARTS) is 1. The smallest absolute Gasteiger partial charge is 0.320 e. The molecule has 1 unspecified atom stereocenters. The average molecular weight is 257 g/mol. The molecule has 1 atom stereocenters. The molecule has 5 nitrogen and oxygen atoms in total. The predicted octanol–water partition coefficient (Wildman–Crippen LogP) is 1.02. The van der Waals surface area contributed by atoms with Crippen LogP contribution in [0.1, 0.15) is 24.7 Å². The van der Waals surface area contributed by atoms with Gasteiger partial charge in [0, 0.05) is 18.5 Å². The van der Waals surface area contributed by atoms with E-state index in [-0.39, 0.29) is 0 Å². The lowest BCUT2D eigenvalue weighted by Crippen LogP contribution is -2.30. The fraction of sp³-hybridized carbons (Fsp3) is 0.636. The third kappa shape index (κ3) is 4.40. The van der Waals surface area contributed by atoms with Gasteiger partial charge in [-0.25, -0.2) is 0 Å². The molecule has 17 heavy (non-hydrogen) atoms. The minimum Gasteiger partial charge on any atom is -0.480 e. The van der Waals surface area contributed by atoms with E-state index in [0.717, 1.165) is 29.3 Å². The van der Waals surface area contributed by atoms with Gasteiger partial charge in [0.15, 0.2) is 0 Å². The molecule has 1 rings (SSSR count). The van der Waals surface area contributed by atoms with Crippen molar-refractivity contribution < 1.29 is 9.90 Å². The Kier molecular flexibility index (Phi) is 5.50. The van der Waals surface area contributed by atoms with Crippen molar-refractivity contribution in [2.45, 2.75) is 31.6 Å². The van der Waals surface area contributed by atoms with Gasteiger partial charge in [0.05, 0.1) is 5.69 Å². The van der Waals surface area contributed by atoms with Crippen LogP contribution in [0, 0.1) is 0 Å². The molecule has 0 fully saturated rings.